The summed E-state index contributed by atoms with van der Waals surface area (Å²) in [4.78, 5) is 39.9. The van der Waals surface area contributed by atoms with Gasteiger partial charge in [0.2, 0.25) is 5.91 Å². The summed E-state index contributed by atoms with van der Waals surface area (Å²) in [7, 11) is 0. The van der Waals surface area contributed by atoms with E-state index in [0.717, 1.165) is 22.2 Å². The van der Waals surface area contributed by atoms with Gasteiger partial charge in [0.05, 0.1) is 10.2 Å². The first-order valence-corrected chi connectivity index (χ1v) is 11.1. The zero-order valence-corrected chi connectivity index (χ0v) is 17.7. The third-order valence-corrected chi connectivity index (χ3v) is 7.09. The Balaban J connectivity index is 1.31. The zero-order valence-electron chi connectivity index (χ0n) is 15.3. The molecule has 0 aliphatic carbocycles. The monoisotopic (exact) mass is 444 g/mol. The Morgan fingerprint density at radius 1 is 1.17 bits per heavy atom. The highest BCUT2D eigenvalue weighted by Gasteiger charge is 2.35. The van der Waals surface area contributed by atoms with Crippen molar-refractivity contribution in [3.05, 3.63) is 69.6 Å². The molecule has 5 nitrogen and oxygen atoms in total. The van der Waals surface area contributed by atoms with Crippen molar-refractivity contribution in [1.82, 2.24) is 10.2 Å². The van der Waals surface area contributed by atoms with Gasteiger partial charge in [-0.3, -0.25) is 19.3 Å². The van der Waals surface area contributed by atoms with E-state index in [1.807, 2.05) is 24.3 Å². The predicted molar refractivity (Wildman–Crippen MR) is 117 cm³/mol. The van der Waals surface area contributed by atoms with Crippen LogP contribution >= 0.6 is 35.1 Å². The third kappa shape index (κ3) is 4.52. The Bertz CT molecular complexity index is 982. The van der Waals surface area contributed by atoms with Crippen LogP contribution in [-0.4, -0.2) is 40.3 Å². The van der Waals surface area contributed by atoms with Crippen molar-refractivity contribution in [3.8, 4) is 0 Å². The molecule has 2 aliphatic rings. The number of nitrogens with one attached hydrogen (secondary N) is 1. The molecule has 0 spiro atoms. The molecule has 2 heterocycles. The van der Waals surface area contributed by atoms with Crippen LogP contribution in [0.4, 0.5) is 4.79 Å². The number of carbonyl (C=O) groups is 3. The quantitative estimate of drug-likeness (QED) is 0.700. The van der Waals surface area contributed by atoms with Crippen molar-refractivity contribution >= 4 is 58.3 Å². The highest BCUT2D eigenvalue weighted by atomic mass is 35.5. The Labute approximate surface area is 181 Å². The summed E-state index contributed by atoms with van der Waals surface area (Å²) >= 11 is 8.32. The molecule has 29 heavy (non-hydrogen) atoms. The summed E-state index contributed by atoms with van der Waals surface area (Å²) in [6.45, 7) is 0.386. The molecule has 3 amide bonds. The number of hydrogen-bond acceptors (Lipinski definition) is 5. The first-order chi connectivity index (χ1) is 14.0. The molecule has 0 radical (unpaired) electrons. The number of thioether (sulfide) groups is 2. The number of amides is 3. The van der Waals surface area contributed by atoms with E-state index in [2.05, 4.69) is 5.32 Å². The second-order valence-corrected chi connectivity index (χ2v) is 9.27. The molecule has 1 unspecified atom stereocenters. The average molecular weight is 445 g/mol. The molecule has 0 saturated carbocycles. The summed E-state index contributed by atoms with van der Waals surface area (Å²) in [6.07, 6.45) is 2.37. The standard InChI is InChI=1S/C21H17ClN2O3S2/c22-15-7-5-13(6-8-15)11-18-20(26)24(21(27)29-18)10-9-23-19(25)17-12-14-3-1-2-4-16(14)28-17/h1-8,11,17H,9-10,12H2,(H,23,25)/b18-11-. The summed E-state index contributed by atoms with van der Waals surface area (Å²) in [5.74, 6) is -0.415. The number of imide groups is 1. The second kappa shape index (κ2) is 8.65. The van der Waals surface area contributed by atoms with Crippen LogP contribution in [0.3, 0.4) is 0 Å². The summed E-state index contributed by atoms with van der Waals surface area (Å²) in [6, 6.07) is 15.0. The lowest BCUT2D eigenvalue weighted by atomic mass is 10.1. The van der Waals surface area contributed by atoms with E-state index >= 15 is 0 Å². The molecule has 1 saturated heterocycles. The van der Waals surface area contributed by atoms with Gasteiger partial charge in [-0.05, 0) is 53.6 Å². The summed E-state index contributed by atoms with van der Waals surface area (Å²) in [5, 5.41) is 2.95. The van der Waals surface area contributed by atoms with Crippen LogP contribution in [0, 0.1) is 0 Å². The van der Waals surface area contributed by atoms with Crippen molar-refractivity contribution in [2.75, 3.05) is 13.1 Å². The summed E-state index contributed by atoms with van der Waals surface area (Å²) in [5.41, 5.74) is 1.97. The Hall–Kier alpha value is -2.22. The van der Waals surface area contributed by atoms with Gasteiger partial charge in [0.15, 0.2) is 0 Å². The molecule has 0 bridgehead atoms. The third-order valence-electron chi connectivity index (χ3n) is 4.62. The van der Waals surface area contributed by atoms with Gasteiger partial charge in [0.1, 0.15) is 0 Å². The second-order valence-electron chi connectivity index (χ2n) is 6.59. The van der Waals surface area contributed by atoms with Gasteiger partial charge >= 0.3 is 0 Å². The molecule has 1 atom stereocenters. The highest BCUT2D eigenvalue weighted by Crippen LogP contribution is 2.36. The number of hydrogen-bond donors (Lipinski definition) is 1. The van der Waals surface area contributed by atoms with E-state index in [1.165, 1.54) is 10.5 Å². The topological polar surface area (TPSA) is 66.5 Å². The molecule has 2 aromatic carbocycles. The van der Waals surface area contributed by atoms with E-state index in [1.54, 1.807) is 42.1 Å². The van der Waals surface area contributed by atoms with Crippen LogP contribution in [0.15, 0.2) is 58.3 Å². The Morgan fingerprint density at radius 3 is 2.69 bits per heavy atom. The van der Waals surface area contributed by atoms with E-state index in [-0.39, 0.29) is 35.4 Å². The number of halogens is 1. The van der Waals surface area contributed by atoms with Crippen molar-refractivity contribution in [2.24, 2.45) is 0 Å². The predicted octanol–water partition coefficient (Wildman–Crippen LogP) is 4.21. The molecular formula is C21H17ClN2O3S2. The fraction of sp³-hybridized carbons (Fsp3) is 0.190. The average Bonchev–Trinajstić information content (AvgIpc) is 3.26. The van der Waals surface area contributed by atoms with Gasteiger partial charge in [0.25, 0.3) is 11.1 Å². The minimum Gasteiger partial charge on any atom is -0.353 e. The number of rotatable bonds is 5. The van der Waals surface area contributed by atoms with Crippen LogP contribution in [0.1, 0.15) is 11.1 Å². The van der Waals surface area contributed by atoms with Gasteiger partial charge in [-0.25, -0.2) is 0 Å². The zero-order chi connectivity index (χ0) is 20.4. The smallest absolute Gasteiger partial charge is 0.293 e. The van der Waals surface area contributed by atoms with Gasteiger partial charge in [-0.15, -0.1) is 11.8 Å². The molecule has 2 aliphatic heterocycles. The first-order valence-electron chi connectivity index (χ1n) is 9.04. The molecule has 0 aromatic heterocycles. The molecule has 1 N–H and O–H groups in total. The Morgan fingerprint density at radius 2 is 1.93 bits per heavy atom. The molecule has 4 rings (SSSR count). The lowest BCUT2D eigenvalue weighted by Crippen LogP contribution is -2.40. The van der Waals surface area contributed by atoms with E-state index < -0.39 is 0 Å². The number of nitrogens with zero attached hydrogens (tertiary/aromatic N) is 1. The lowest BCUT2D eigenvalue weighted by molar-refractivity contribution is -0.124. The number of fused-ring (bicyclic) bond motifs is 1. The van der Waals surface area contributed by atoms with E-state index in [4.69, 9.17) is 11.6 Å². The van der Waals surface area contributed by atoms with Crippen LogP contribution in [0.5, 0.6) is 0 Å². The number of carbonyl (C=O) groups excluding carboxylic acids is 3. The fourth-order valence-corrected chi connectivity index (χ4v) is 5.35. The van der Waals surface area contributed by atoms with Crippen molar-refractivity contribution in [1.29, 1.82) is 0 Å². The van der Waals surface area contributed by atoms with Crippen molar-refractivity contribution in [2.45, 2.75) is 16.6 Å². The normalized spacial score (nSPS) is 19.7. The minimum absolute atomic E-state index is 0.0742. The van der Waals surface area contributed by atoms with Gasteiger partial charge < -0.3 is 5.32 Å². The minimum atomic E-state index is -0.341. The summed E-state index contributed by atoms with van der Waals surface area (Å²) < 4.78 is 0. The van der Waals surface area contributed by atoms with Crippen LogP contribution in [-0.2, 0) is 16.0 Å². The first kappa shape index (κ1) is 20.1. The molecular weight excluding hydrogens is 428 g/mol. The van der Waals surface area contributed by atoms with Crippen molar-refractivity contribution < 1.29 is 14.4 Å². The lowest BCUT2D eigenvalue weighted by Gasteiger charge is -2.14. The maximum absolute atomic E-state index is 12.5. The molecule has 8 heteroatoms. The molecule has 148 valence electrons. The van der Waals surface area contributed by atoms with Gasteiger partial charge in [0, 0.05) is 23.0 Å². The maximum atomic E-state index is 12.5. The van der Waals surface area contributed by atoms with Crippen LogP contribution < -0.4 is 5.32 Å². The van der Waals surface area contributed by atoms with E-state index in [9.17, 15) is 14.4 Å². The highest BCUT2D eigenvalue weighted by molar-refractivity contribution is 8.18. The fourth-order valence-electron chi connectivity index (χ4n) is 3.14. The Kier molecular flexibility index (Phi) is 5.99. The molecule has 1 fully saturated rings. The van der Waals surface area contributed by atoms with E-state index in [0.29, 0.717) is 16.3 Å². The van der Waals surface area contributed by atoms with Gasteiger partial charge in [-0.2, -0.15) is 0 Å². The maximum Gasteiger partial charge on any atom is 0.293 e. The van der Waals surface area contributed by atoms with Crippen LogP contribution in [0.2, 0.25) is 5.02 Å². The SMILES string of the molecule is O=C(NCCN1C(=O)S/C(=C\c2ccc(Cl)cc2)C1=O)C1Cc2ccccc2S1. The van der Waals surface area contributed by atoms with Crippen LogP contribution in [0.25, 0.3) is 6.08 Å². The van der Waals surface area contributed by atoms with Gasteiger partial charge in [-0.1, -0.05) is 41.9 Å². The molecule has 2 aromatic rings. The largest absolute Gasteiger partial charge is 0.353 e. The van der Waals surface area contributed by atoms with Crippen molar-refractivity contribution in [3.63, 3.8) is 0 Å². The number of benzene rings is 2.